The number of hydrogen-bond donors (Lipinski definition) is 0. The standard InChI is InChI=1S/C27H21NOS/c1-18-7-5-9-20(15-18)28(21-10-6-8-19(2)16-21)22-13-14-24-26(17-22)30-25-12-4-3-11-23(25)27(24)29/h3-17H,1-2H3. The van der Waals surface area contributed by atoms with Gasteiger partial charge in [-0.25, -0.2) is 0 Å². The molecule has 1 aromatic heterocycles. The van der Waals surface area contributed by atoms with Crippen LogP contribution in [0.4, 0.5) is 17.1 Å². The first-order valence-corrected chi connectivity index (χ1v) is 10.8. The van der Waals surface area contributed by atoms with Crippen LogP contribution in [-0.2, 0) is 0 Å². The van der Waals surface area contributed by atoms with E-state index in [1.165, 1.54) is 11.1 Å². The second-order valence-corrected chi connectivity index (χ2v) is 8.71. The van der Waals surface area contributed by atoms with Crippen LogP contribution in [0.15, 0.2) is 95.8 Å². The van der Waals surface area contributed by atoms with E-state index in [9.17, 15) is 4.79 Å². The maximum atomic E-state index is 13.0. The lowest BCUT2D eigenvalue weighted by atomic mass is 10.1. The van der Waals surface area contributed by atoms with Crippen LogP contribution in [0.25, 0.3) is 20.2 Å². The van der Waals surface area contributed by atoms with Gasteiger partial charge < -0.3 is 4.90 Å². The van der Waals surface area contributed by atoms with Crippen LogP contribution >= 0.6 is 11.3 Å². The fourth-order valence-corrected chi connectivity index (χ4v) is 5.01. The summed E-state index contributed by atoms with van der Waals surface area (Å²) in [6, 6.07) is 31.0. The molecule has 0 aliphatic heterocycles. The Hall–Kier alpha value is -3.43. The molecule has 2 nitrogen and oxygen atoms in total. The Bertz CT molecular complexity index is 1410. The van der Waals surface area contributed by atoms with Gasteiger partial charge in [0.05, 0.1) is 0 Å². The summed E-state index contributed by atoms with van der Waals surface area (Å²) in [5.74, 6) is 0. The molecule has 0 spiro atoms. The molecule has 0 N–H and O–H groups in total. The molecule has 0 fully saturated rings. The Morgan fingerprint density at radius 1 is 0.600 bits per heavy atom. The van der Waals surface area contributed by atoms with Crippen LogP contribution in [0.5, 0.6) is 0 Å². The van der Waals surface area contributed by atoms with Crippen molar-refractivity contribution in [2.24, 2.45) is 0 Å². The third-order valence-corrected chi connectivity index (χ3v) is 6.47. The van der Waals surface area contributed by atoms with Gasteiger partial charge in [0.15, 0.2) is 5.43 Å². The molecule has 0 saturated heterocycles. The van der Waals surface area contributed by atoms with Crippen molar-refractivity contribution >= 4 is 48.6 Å². The molecule has 0 radical (unpaired) electrons. The molecule has 5 aromatic rings. The third kappa shape index (κ3) is 3.27. The first-order valence-electron chi connectivity index (χ1n) is 9.99. The average molecular weight is 408 g/mol. The van der Waals surface area contributed by atoms with Gasteiger partial charge in [-0.3, -0.25) is 4.79 Å². The summed E-state index contributed by atoms with van der Waals surface area (Å²) < 4.78 is 2.02. The van der Waals surface area contributed by atoms with Gasteiger partial charge in [0.25, 0.3) is 0 Å². The Labute approximate surface area is 179 Å². The molecule has 0 amide bonds. The van der Waals surface area contributed by atoms with Crippen molar-refractivity contribution in [1.82, 2.24) is 0 Å². The third-order valence-electron chi connectivity index (χ3n) is 5.34. The van der Waals surface area contributed by atoms with Crippen molar-refractivity contribution in [3.8, 4) is 0 Å². The summed E-state index contributed by atoms with van der Waals surface area (Å²) in [5, 5.41) is 1.56. The second-order valence-electron chi connectivity index (χ2n) is 7.62. The van der Waals surface area contributed by atoms with E-state index in [1.807, 2.05) is 30.3 Å². The molecule has 146 valence electrons. The molecule has 0 saturated carbocycles. The van der Waals surface area contributed by atoms with Crippen molar-refractivity contribution in [3.63, 3.8) is 0 Å². The van der Waals surface area contributed by atoms with E-state index in [0.29, 0.717) is 0 Å². The summed E-state index contributed by atoms with van der Waals surface area (Å²) in [7, 11) is 0. The zero-order valence-electron chi connectivity index (χ0n) is 16.9. The minimum atomic E-state index is 0.101. The number of nitrogens with zero attached hydrogens (tertiary/aromatic N) is 1. The number of hydrogen-bond acceptors (Lipinski definition) is 3. The summed E-state index contributed by atoms with van der Waals surface area (Å²) in [6.45, 7) is 4.21. The fraction of sp³-hybridized carbons (Fsp3) is 0.0741. The molecular formula is C27H21NOS. The van der Waals surface area contributed by atoms with Crippen molar-refractivity contribution in [3.05, 3.63) is 112 Å². The number of anilines is 3. The number of fused-ring (bicyclic) bond motifs is 2. The zero-order chi connectivity index (χ0) is 20.7. The molecule has 5 rings (SSSR count). The number of aryl methyl sites for hydroxylation is 2. The number of benzene rings is 4. The lowest BCUT2D eigenvalue weighted by molar-refractivity contribution is 1.26. The van der Waals surface area contributed by atoms with E-state index in [1.54, 1.807) is 11.3 Å². The molecule has 4 aromatic carbocycles. The maximum absolute atomic E-state index is 13.0. The monoisotopic (exact) mass is 407 g/mol. The molecular weight excluding hydrogens is 386 g/mol. The summed E-state index contributed by atoms with van der Waals surface area (Å²) in [6.07, 6.45) is 0. The van der Waals surface area contributed by atoms with Crippen molar-refractivity contribution in [2.45, 2.75) is 13.8 Å². The largest absolute Gasteiger partial charge is 0.310 e. The van der Waals surface area contributed by atoms with E-state index < -0.39 is 0 Å². The molecule has 0 unspecified atom stereocenters. The summed E-state index contributed by atoms with van der Waals surface area (Å²) >= 11 is 1.67. The Morgan fingerprint density at radius 3 is 1.87 bits per heavy atom. The van der Waals surface area contributed by atoms with Gasteiger partial charge in [0.2, 0.25) is 0 Å². The summed E-state index contributed by atoms with van der Waals surface area (Å²) in [4.78, 5) is 15.2. The Morgan fingerprint density at radius 2 is 1.20 bits per heavy atom. The zero-order valence-corrected chi connectivity index (χ0v) is 17.7. The quantitative estimate of drug-likeness (QED) is 0.289. The minimum absolute atomic E-state index is 0.101. The summed E-state index contributed by atoms with van der Waals surface area (Å²) in [5.41, 5.74) is 5.78. The van der Waals surface area contributed by atoms with E-state index in [4.69, 9.17) is 0 Å². The highest BCUT2D eigenvalue weighted by molar-refractivity contribution is 7.24. The fourth-order valence-electron chi connectivity index (χ4n) is 3.91. The van der Waals surface area contributed by atoms with Gasteiger partial charge in [-0.15, -0.1) is 11.3 Å². The highest BCUT2D eigenvalue weighted by atomic mass is 32.1. The maximum Gasteiger partial charge on any atom is 0.195 e. The van der Waals surface area contributed by atoms with Gasteiger partial charge >= 0.3 is 0 Å². The Kier molecular flexibility index (Phi) is 4.61. The molecule has 1 heterocycles. The molecule has 30 heavy (non-hydrogen) atoms. The van der Waals surface area contributed by atoms with Crippen LogP contribution < -0.4 is 10.3 Å². The smallest absolute Gasteiger partial charge is 0.195 e. The van der Waals surface area contributed by atoms with E-state index in [2.05, 4.69) is 79.4 Å². The predicted octanol–water partition coefficient (Wildman–Crippen LogP) is 7.50. The van der Waals surface area contributed by atoms with E-state index in [-0.39, 0.29) is 5.43 Å². The normalized spacial score (nSPS) is 11.1. The van der Waals surface area contributed by atoms with Crippen LogP contribution in [0.1, 0.15) is 11.1 Å². The molecule has 0 bridgehead atoms. The molecule has 3 heteroatoms. The van der Waals surface area contributed by atoms with Crippen molar-refractivity contribution in [2.75, 3.05) is 4.90 Å². The molecule has 0 aliphatic carbocycles. The SMILES string of the molecule is Cc1cccc(N(c2cccc(C)c2)c2ccc3c(=O)c4ccccc4sc3c2)c1. The van der Waals surface area contributed by atoms with E-state index in [0.717, 1.165) is 37.2 Å². The second kappa shape index (κ2) is 7.43. The predicted molar refractivity (Wildman–Crippen MR) is 130 cm³/mol. The topological polar surface area (TPSA) is 20.3 Å². The highest BCUT2D eigenvalue weighted by Crippen LogP contribution is 2.37. The van der Waals surface area contributed by atoms with Crippen LogP contribution in [0, 0.1) is 13.8 Å². The highest BCUT2D eigenvalue weighted by Gasteiger charge is 2.15. The van der Waals surface area contributed by atoms with E-state index >= 15 is 0 Å². The van der Waals surface area contributed by atoms with Crippen LogP contribution in [0.3, 0.4) is 0 Å². The minimum Gasteiger partial charge on any atom is -0.310 e. The van der Waals surface area contributed by atoms with Crippen LogP contribution in [-0.4, -0.2) is 0 Å². The molecule has 0 aliphatic rings. The van der Waals surface area contributed by atoms with Gasteiger partial charge in [-0.05, 0) is 79.6 Å². The number of rotatable bonds is 3. The van der Waals surface area contributed by atoms with Crippen molar-refractivity contribution < 1.29 is 0 Å². The van der Waals surface area contributed by atoms with Gasteiger partial charge in [-0.2, -0.15) is 0 Å². The van der Waals surface area contributed by atoms with Gasteiger partial charge in [-0.1, -0.05) is 36.4 Å². The lowest BCUT2D eigenvalue weighted by Gasteiger charge is -2.26. The van der Waals surface area contributed by atoms with Crippen LogP contribution in [0.2, 0.25) is 0 Å². The van der Waals surface area contributed by atoms with Gasteiger partial charge in [0.1, 0.15) is 0 Å². The first-order chi connectivity index (χ1) is 14.6. The Balaban J connectivity index is 1.76. The molecule has 0 atom stereocenters. The average Bonchev–Trinajstić information content (AvgIpc) is 2.74. The lowest BCUT2D eigenvalue weighted by Crippen LogP contribution is -2.10. The first kappa shape index (κ1) is 18.6. The van der Waals surface area contributed by atoms with Gasteiger partial charge in [0, 0.05) is 37.2 Å². The van der Waals surface area contributed by atoms with Crippen molar-refractivity contribution in [1.29, 1.82) is 0 Å².